The highest BCUT2D eigenvalue weighted by molar-refractivity contribution is 5.74. The Morgan fingerprint density at radius 2 is 2.43 bits per heavy atom. The quantitative estimate of drug-likeness (QED) is 0.921. The molecule has 2 amide bonds. The van der Waals surface area contributed by atoms with Gasteiger partial charge in [-0.05, 0) is 18.8 Å². The van der Waals surface area contributed by atoms with Gasteiger partial charge in [0.05, 0.1) is 30.6 Å². The van der Waals surface area contributed by atoms with Gasteiger partial charge in [-0.15, -0.1) is 0 Å². The Morgan fingerprint density at radius 3 is 3.14 bits per heavy atom. The van der Waals surface area contributed by atoms with Crippen molar-refractivity contribution in [1.82, 2.24) is 19.8 Å². The number of nitriles is 1. The summed E-state index contributed by atoms with van der Waals surface area (Å²) >= 11 is 0. The zero-order chi connectivity index (χ0) is 15.2. The molecular formula is C15H23N5O. The van der Waals surface area contributed by atoms with E-state index in [1.165, 1.54) is 0 Å². The van der Waals surface area contributed by atoms with E-state index in [2.05, 4.69) is 34.8 Å². The van der Waals surface area contributed by atoms with Crippen LogP contribution in [0.4, 0.5) is 4.79 Å². The van der Waals surface area contributed by atoms with E-state index in [1.54, 1.807) is 17.4 Å². The second-order valence-electron chi connectivity index (χ2n) is 6.00. The first-order chi connectivity index (χ1) is 10.1. The predicted molar refractivity (Wildman–Crippen MR) is 79.2 cm³/mol. The van der Waals surface area contributed by atoms with Crippen LogP contribution < -0.4 is 5.32 Å². The lowest BCUT2D eigenvalue weighted by Gasteiger charge is -2.29. The first kappa shape index (κ1) is 15.4. The monoisotopic (exact) mass is 289 g/mol. The molecule has 21 heavy (non-hydrogen) atoms. The number of piperidine rings is 1. The predicted octanol–water partition coefficient (Wildman–Crippen LogP) is 1.98. The molecule has 2 heterocycles. The topological polar surface area (TPSA) is 74.0 Å². The van der Waals surface area contributed by atoms with Gasteiger partial charge in [0.25, 0.3) is 0 Å². The molecule has 0 bridgehead atoms. The van der Waals surface area contributed by atoms with Crippen LogP contribution in [0.5, 0.6) is 0 Å². The molecule has 0 unspecified atom stereocenters. The summed E-state index contributed by atoms with van der Waals surface area (Å²) in [7, 11) is 0. The minimum Gasteiger partial charge on any atom is -0.333 e. The third kappa shape index (κ3) is 4.22. The zero-order valence-electron chi connectivity index (χ0n) is 12.7. The van der Waals surface area contributed by atoms with Gasteiger partial charge in [-0.2, -0.15) is 5.26 Å². The van der Waals surface area contributed by atoms with E-state index in [0.29, 0.717) is 19.0 Å². The molecule has 0 radical (unpaired) electrons. The molecule has 0 aliphatic carbocycles. The highest BCUT2D eigenvalue weighted by atomic mass is 16.2. The van der Waals surface area contributed by atoms with Crippen LogP contribution in [0.2, 0.25) is 0 Å². The Hall–Kier alpha value is -2.03. The molecule has 1 N–H and O–H groups in total. The maximum atomic E-state index is 12.2. The van der Waals surface area contributed by atoms with Crippen molar-refractivity contribution in [3.05, 3.63) is 18.2 Å². The van der Waals surface area contributed by atoms with E-state index >= 15 is 0 Å². The lowest BCUT2D eigenvalue weighted by atomic mass is 10.0. The van der Waals surface area contributed by atoms with Crippen molar-refractivity contribution < 1.29 is 4.79 Å². The maximum absolute atomic E-state index is 12.2. The Morgan fingerprint density at radius 1 is 1.62 bits per heavy atom. The molecule has 1 aromatic rings. The summed E-state index contributed by atoms with van der Waals surface area (Å²) in [5.74, 6) is 0.503. The van der Waals surface area contributed by atoms with Crippen LogP contribution in [0.1, 0.15) is 32.4 Å². The smallest absolute Gasteiger partial charge is 0.317 e. The summed E-state index contributed by atoms with van der Waals surface area (Å²) in [5, 5.41) is 11.9. The number of rotatable bonds is 4. The number of nitrogens with zero attached hydrogens (tertiary/aromatic N) is 4. The standard InChI is InChI=1S/C15H23N5O/c1-12(2)9-20-11-17-7-14(20)8-18-15(21)19-5-3-4-13(6-16)10-19/h7,11-13H,3-5,8-10H2,1-2H3,(H,18,21)/t13-/m0/s1. The molecule has 1 atom stereocenters. The summed E-state index contributed by atoms with van der Waals surface area (Å²) in [6.45, 7) is 6.93. The van der Waals surface area contributed by atoms with Gasteiger partial charge in [-0.25, -0.2) is 9.78 Å². The number of imidazole rings is 1. The number of aromatic nitrogens is 2. The fraction of sp³-hybridized carbons (Fsp3) is 0.667. The lowest BCUT2D eigenvalue weighted by molar-refractivity contribution is 0.176. The minimum absolute atomic E-state index is 0.0315. The van der Waals surface area contributed by atoms with Crippen molar-refractivity contribution in [2.75, 3.05) is 13.1 Å². The SMILES string of the molecule is CC(C)Cn1cncc1CNC(=O)N1CCC[C@@H](C#N)C1. The first-order valence-electron chi connectivity index (χ1n) is 7.51. The molecule has 1 aromatic heterocycles. The van der Waals surface area contributed by atoms with E-state index in [-0.39, 0.29) is 11.9 Å². The Labute approximate surface area is 125 Å². The van der Waals surface area contributed by atoms with E-state index in [9.17, 15) is 4.79 Å². The van der Waals surface area contributed by atoms with Crippen molar-refractivity contribution in [2.24, 2.45) is 11.8 Å². The molecule has 114 valence electrons. The molecule has 1 saturated heterocycles. The Kier molecular flexibility index (Phi) is 5.20. The average molecular weight is 289 g/mol. The number of carbonyl (C=O) groups excluding carboxylic acids is 1. The van der Waals surface area contributed by atoms with Crippen molar-refractivity contribution in [3.8, 4) is 6.07 Å². The molecule has 0 saturated carbocycles. The lowest BCUT2D eigenvalue weighted by Crippen LogP contribution is -2.45. The second kappa shape index (κ2) is 7.11. The third-order valence-corrected chi connectivity index (χ3v) is 3.67. The van der Waals surface area contributed by atoms with Gasteiger partial charge in [-0.3, -0.25) is 0 Å². The molecule has 1 fully saturated rings. The Bertz CT molecular complexity index is 516. The van der Waals surface area contributed by atoms with Crippen LogP contribution in [0, 0.1) is 23.2 Å². The third-order valence-electron chi connectivity index (χ3n) is 3.67. The molecule has 1 aliphatic heterocycles. The summed E-state index contributed by atoms with van der Waals surface area (Å²) in [6.07, 6.45) is 5.38. The number of nitrogens with one attached hydrogen (secondary N) is 1. The summed E-state index contributed by atoms with van der Waals surface area (Å²) in [6, 6.07) is 2.16. The molecule has 2 rings (SSSR count). The maximum Gasteiger partial charge on any atom is 0.317 e. The van der Waals surface area contributed by atoms with Gasteiger partial charge in [0, 0.05) is 25.8 Å². The van der Waals surface area contributed by atoms with Crippen molar-refractivity contribution in [3.63, 3.8) is 0 Å². The van der Waals surface area contributed by atoms with Crippen molar-refractivity contribution in [1.29, 1.82) is 5.26 Å². The fourth-order valence-electron chi connectivity index (χ4n) is 2.60. The first-order valence-corrected chi connectivity index (χ1v) is 7.51. The van der Waals surface area contributed by atoms with Crippen LogP contribution in [0.3, 0.4) is 0 Å². The molecule has 6 heteroatoms. The molecule has 0 spiro atoms. The van der Waals surface area contributed by atoms with Gasteiger partial charge in [0.15, 0.2) is 0 Å². The van der Waals surface area contributed by atoms with Crippen LogP contribution >= 0.6 is 0 Å². The number of urea groups is 1. The number of amides is 2. The average Bonchev–Trinajstić information content (AvgIpc) is 2.91. The van der Waals surface area contributed by atoms with E-state index < -0.39 is 0 Å². The number of hydrogen-bond acceptors (Lipinski definition) is 3. The van der Waals surface area contributed by atoms with Crippen LogP contribution in [0.25, 0.3) is 0 Å². The zero-order valence-corrected chi connectivity index (χ0v) is 12.7. The van der Waals surface area contributed by atoms with Gasteiger partial charge >= 0.3 is 6.03 Å². The van der Waals surface area contributed by atoms with Gasteiger partial charge < -0.3 is 14.8 Å². The number of carbonyl (C=O) groups is 1. The Balaban J connectivity index is 1.87. The molecule has 0 aromatic carbocycles. The second-order valence-corrected chi connectivity index (χ2v) is 6.00. The number of hydrogen-bond donors (Lipinski definition) is 1. The normalized spacial score (nSPS) is 18.6. The highest BCUT2D eigenvalue weighted by Crippen LogP contribution is 2.15. The van der Waals surface area contributed by atoms with Gasteiger partial charge in [0.1, 0.15) is 0 Å². The summed E-state index contributed by atoms with van der Waals surface area (Å²) in [5.41, 5.74) is 1.01. The van der Waals surface area contributed by atoms with Crippen LogP contribution in [0.15, 0.2) is 12.5 Å². The van der Waals surface area contributed by atoms with Crippen LogP contribution in [-0.2, 0) is 13.1 Å². The molecule has 1 aliphatic rings. The van der Waals surface area contributed by atoms with Crippen molar-refractivity contribution >= 4 is 6.03 Å². The van der Waals surface area contributed by atoms with E-state index in [0.717, 1.165) is 31.6 Å². The van der Waals surface area contributed by atoms with Gasteiger partial charge in [-0.1, -0.05) is 13.8 Å². The summed E-state index contributed by atoms with van der Waals surface area (Å²) < 4.78 is 2.07. The fourth-order valence-corrected chi connectivity index (χ4v) is 2.60. The van der Waals surface area contributed by atoms with E-state index in [1.807, 2.05) is 0 Å². The largest absolute Gasteiger partial charge is 0.333 e. The van der Waals surface area contributed by atoms with E-state index in [4.69, 9.17) is 5.26 Å². The van der Waals surface area contributed by atoms with Crippen molar-refractivity contribution in [2.45, 2.75) is 39.8 Å². The van der Waals surface area contributed by atoms with Gasteiger partial charge in [0.2, 0.25) is 0 Å². The number of likely N-dealkylation sites (tertiary alicyclic amines) is 1. The highest BCUT2D eigenvalue weighted by Gasteiger charge is 2.23. The summed E-state index contributed by atoms with van der Waals surface area (Å²) in [4.78, 5) is 18.0. The van der Waals surface area contributed by atoms with Crippen LogP contribution in [-0.4, -0.2) is 33.6 Å². The molecular weight excluding hydrogens is 266 g/mol. The minimum atomic E-state index is -0.0905. The molecule has 6 nitrogen and oxygen atoms in total.